The van der Waals surface area contributed by atoms with Gasteiger partial charge in [-0.25, -0.2) is 14.5 Å². The molecule has 1 aliphatic rings. The Morgan fingerprint density at radius 3 is 2.93 bits per heavy atom. The second-order valence-electron chi connectivity index (χ2n) is 6.98. The standard InChI is InChI=1S/C20H19N7.ClH/c1-13-24-18-5-4-17(25-20(18)27(13)15-3-2-7-22-11-15)16-12-23-26-8-6-14(10-21)9-19(16)26;/h4-6,8-9,12,15,22H,2-3,7,11H2,1H3;1H/t15-;/m0./s1. The first kappa shape index (κ1) is 18.4. The number of hydrogen-bond acceptors (Lipinski definition) is 5. The first-order chi connectivity index (χ1) is 13.2. The summed E-state index contributed by atoms with van der Waals surface area (Å²) in [6, 6.07) is 10.2. The first-order valence-electron chi connectivity index (χ1n) is 9.19. The summed E-state index contributed by atoms with van der Waals surface area (Å²) in [4.78, 5) is 9.66. The molecule has 0 amide bonds. The number of nitrogens with one attached hydrogen (secondary N) is 1. The third kappa shape index (κ3) is 2.91. The minimum Gasteiger partial charge on any atom is -0.315 e. The van der Waals surface area contributed by atoms with Crippen molar-refractivity contribution in [2.45, 2.75) is 25.8 Å². The van der Waals surface area contributed by atoms with Crippen LogP contribution in [0.5, 0.6) is 0 Å². The molecule has 1 atom stereocenters. The van der Waals surface area contributed by atoms with Crippen molar-refractivity contribution in [3.05, 3.63) is 48.0 Å². The number of nitrogens with zero attached hydrogens (tertiary/aromatic N) is 6. The predicted octanol–water partition coefficient (Wildman–Crippen LogP) is 3.27. The van der Waals surface area contributed by atoms with E-state index in [1.165, 1.54) is 0 Å². The van der Waals surface area contributed by atoms with Crippen LogP contribution in [0.25, 0.3) is 27.9 Å². The van der Waals surface area contributed by atoms with Crippen molar-refractivity contribution in [3.63, 3.8) is 0 Å². The quantitative estimate of drug-likeness (QED) is 0.565. The highest BCUT2D eigenvalue weighted by Gasteiger charge is 2.21. The van der Waals surface area contributed by atoms with Crippen LogP contribution in [0.4, 0.5) is 0 Å². The molecule has 8 heteroatoms. The van der Waals surface area contributed by atoms with E-state index in [9.17, 15) is 5.26 Å². The predicted molar refractivity (Wildman–Crippen MR) is 110 cm³/mol. The lowest BCUT2D eigenvalue weighted by Crippen LogP contribution is -2.32. The first-order valence-corrected chi connectivity index (χ1v) is 9.19. The van der Waals surface area contributed by atoms with Crippen LogP contribution < -0.4 is 5.32 Å². The third-order valence-electron chi connectivity index (χ3n) is 5.28. The zero-order chi connectivity index (χ0) is 18.4. The molecule has 0 radical (unpaired) electrons. The van der Waals surface area contributed by atoms with E-state index in [-0.39, 0.29) is 12.4 Å². The lowest BCUT2D eigenvalue weighted by atomic mass is 10.1. The van der Waals surface area contributed by atoms with E-state index in [0.29, 0.717) is 11.6 Å². The number of fused-ring (bicyclic) bond motifs is 2. The highest BCUT2D eigenvalue weighted by molar-refractivity contribution is 5.85. The maximum absolute atomic E-state index is 9.21. The van der Waals surface area contributed by atoms with E-state index >= 15 is 0 Å². The van der Waals surface area contributed by atoms with E-state index < -0.39 is 0 Å². The van der Waals surface area contributed by atoms with Crippen LogP contribution in [0.3, 0.4) is 0 Å². The molecular formula is C20H20ClN7. The Balaban J connectivity index is 0.00000192. The second-order valence-corrected chi connectivity index (χ2v) is 6.98. The minimum absolute atomic E-state index is 0. The van der Waals surface area contributed by atoms with Gasteiger partial charge in [-0.2, -0.15) is 10.4 Å². The minimum atomic E-state index is 0. The number of piperidine rings is 1. The zero-order valence-electron chi connectivity index (χ0n) is 15.5. The number of aromatic nitrogens is 5. The third-order valence-corrected chi connectivity index (χ3v) is 5.28. The molecule has 0 aromatic carbocycles. The van der Waals surface area contributed by atoms with Crippen LogP contribution in [0, 0.1) is 18.3 Å². The van der Waals surface area contributed by atoms with Gasteiger partial charge in [0.25, 0.3) is 0 Å². The van der Waals surface area contributed by atoms with Gasteiger partial charge in [0.05, 0.1) is 29.0 Å². The SMILES string of the molecule is Cc1nc2ccc(-c3cnn4ccc(C#N)cc34)nc2n1[C@H]1CCCNC1.Cl. The molecule has 0 unspecified atom stereocenters. The van der Waals surface area contributed by atoms with Crippen LogP contribution in [0.2, 0.25) is 0 Å². The Morgan fingerprint density at radius 2 is 2.14 bits per heavy atom. The summed E-state index contributed by atoms with van der Waals surface area (Å²) < 4.78 is 4.03. The topological polar surface area (TPSA) is 83.8 Å². The van der Waals surface area contributed by atoms with E-state index in [4.69, 9.17) is 9.97 Å². The Morgan fingerprint density at radius 1 is 1.25 bits per heavy atom. The van der Waals surface area contributed by atoms with Crippen molar-refractivity contribution in [2.24, 2.45) is 0 Å². The number of aryl methyl sites for hydroxylation is 1. The maximum Gasteiger partial charge on any atom is 0.160 e. The Hall–Kier alpha value is -2.95. The van der Waals surface area contributed by atoms with Crippen LogP contribution in [0.1, 0.15) is 30.3 Å². The van der Waals surface area contributed by atoms with Gasteiger partial charge >= 0.3 is 0 Å². The van der Waals surface area contributed by atoms with Crippen molar-refractivity contribution in [3.8, 4) is 17.3 Å². The second kappa shape index (κ2) is 7.23. The Bertz CT molecular complexity index is 1190. The fourth-order valence-electron chi connectivity index (χ4n) is 3.98. The molecule has 7 nitrogen and oxygen atoms in total. The lowest BCUT2D eigenvalue weighted by molar-refractivity contribution is 0.372. The Labute approximate surface area is 168 Å². The van der Waals surface area contributed by atoms with Crippen molar-refractivity contribution in [1.29, 1.82) is 5.26 Å². The molecule has 1 fully saturated rings. The van der Waals surface area contributed by atoms with Gasteiger partial charge in [0.1, 0.15) is 11.3 Å². The molecule has 5 heterocycles. The molecule has 0 spiro atoms. The van der Waals surface area contributed by atoms with Gasteiger partial charge in [-0.3, -0.25) is 0 Å². The van der Waals surface area contributed by atoms with Gasteiger partial charge in [-0.05, 0) is 50.6 Å². The molecule has 1 aliphatic heterocycles. The molecule has 0 aliphatic carbocycles. The molecule has 1 N–H and O–H groups in total. The summed E-state index contributed by atoms with van der Waals surface area (Å²) in [6.45, 7) is 4.06. The summed E-state index contributed by atoms with van der Waals surface area (Å²) in [6.07, 6.45) is 5.90. The number of rotatable bonds is 2. The molecule has 1 saturated heterocycles. The molecule has 28 heavy (non-hydrogen) atoms. The summed E-state index contributed by atoms with van der Waals surface area (Å²) in [5, 5.41) is 17.1. The normalized spacial score (nSPS) is 16.8. The molecule has 0 saturated carbocycles. The smallest absolute Gasteiger partial charge is 0.160 e. The van der Waals surface area contributed by atoms with Crippen LogP contribution in [-0.2, 0) is 0 Å². The summed E-state index contributed by atoms with van der Waals surface area (Å²) in [5.74, 6) is 0.995. The number of nitriles is 1. The van der Waals surface area contributed by atoms with Gasteiger partial charge in [0.2, 0.25) is 0 Å². The highest BCUT2D eigenvalue weighted by atomic mass is 35.5. The number of hydrogen-bond donors (Lipinski definition) is 1. The van der Waals surface area contributed by atoms with Gasteiger partial charge in [0, 0.05) is 24.3 Å². The van der Waals surface area contributed by atoms with Gasteiger partial charge in [0.15, 0.2) is 5.65 Å². The largest absolute Gasteiger partial charge is 0.315 e. The van der Waals surface area contributed by atoms with Gasteiger partial charge < -0.3 is 9.88 Å². The number of halogens is 1. The van der Waals surface area contributed by atoms with Crippen molar-refractivity contribution in [2.75, 3.05) is 13.1 Å². The summed E-state index contributed by atoms with van der Waals surface area (Å²) in [5.41, 5.74) is 5.08. The average Bonchev–Trinajstić information content (AvgIpc) is 3.27. The maximum atomic E-state index is 9.21. The van der Waals surface area contributed by atoms with Gasteiger partial charge in [-0.1, -0.05) is 0 Å². The molecule has 5 rings (SSSR count). The van der Waals surface area contributed by atoms with E-state index in [1.807, 2.05) is 25.1 Å². The fourth-order valence-corrected chi connectivity index (χ4v) is 3.98. The number of pyridine rings is 2. The van der Waals surface area contributed by atoms with E-state index in [0.717, 1.165) is 59.7 Å². The highest BCUT2D eigenvalue weighted by Crippen LogP contribution is 2.28. The molecule has 0 bridgehead atoms. The van der Waals surface area contributed by atoms with E-state index in [1.54, 1.807) is 23.0 Å². The van der Waals surface area contributed by atoms with Crippen molar-refractivity contribution >= 4 is 29.1 Å². The zero-order valence-corrected chi connectivity index (χ0v) is 16.3. The molecule has 4 aromatic rings. The molecule has 4 aromatic heterocycles. The Kier molecular flexibility index (Phi) is 4.75. The van der Waals surface area contributed by atoms with Gasteiger partial charge in [-0.15, -0.1) is 12.4 Å². The van der Waals surface area contributed by atoms with E-state index in [2.05, 4.69) is 21.1 Å². The number of imidazole rings is 1. The summed E-state index contributed by atoms with van der Waals surface area (Å²) in [7, 11) is 0. The van der Waals surface area contributed by atoms with Crippen LogP contribution in [-0.4, -0.2) is 37.2 Å². The average molecular weight is 394 g/mol. The van der Waals surface area contributed by atoms with Crippen molar-refractivity contribution in [1.82, 2.24) is 29.5 Å². The van der Waals surface area contributed by atoms with Crippen LogP contribution in [0.15, 0.2) is 36.7 Å². The monoisotopic (exact) mass is 393 g/mol. The molecular weight excluding hydrogens is 374 g/mol. The van der Waals surface area contributed by atoms with Crippen molar-refractivity contribution < 1.29 is 0 Å². The fraction of sp³-hybridized carbons (Fsp3) is 0.300. The van der Waals surface area contributed by atoms with Crippen LogP contribution >= 0.6 is 12.4 Å². The summed E-state index contributed by atoms with van der Waals surface area (Å²) >= 11 is 0. The molecule has 142 valence electrons. The lowest BCUT2D eigenvalue weighted by Gasteiger charge is -2.25.